The van der Waals surface area contributed by atoms with Crippen molar-refractivity contribution in [3.63, 3.8) is 0 Å². The molecule has 0 heterocycles. The van der Waals surface area contributed by atoms with E-state index >= 15 is 0 Å². The van der Waals surface area contributed by atoms with Gasteiger partial charge in [0.15, 0.2) is 0 Å². The van der Waals surface area contributed by atoms with Crippen LogP contribution in [0.3, 0.4) is 0 Å². The van der Waals surface area contributed by atoms with Crippen LogP contribution in [0.4, 0.5) is 0 Å². The monoisotopic (exact) mass is 266 g/mol. The molecular formula is C16H23ClO. The first-order chi connectivity index (χ1) is 8.69. The van der Waals surface area contributed by atoms with Crippen LogP contribution in [0.25, 0.3) is 0 Å². The highest BCUT2D eigenvalue weighted by atomic mass is 35.5. The Kier molecular flexibility index (Phi) is 5.08. The van der Waals surface area contributed by atoms with E-state index in [0.29, 0.717) is 5.92 Å². The summed E-state index contributed by atoms with van der Waals surface area (Å²) in [4.78, 5) is 0. The highest BCUT2D eigenvalue weighted by molar-refractivity contribution is 6.30. The first-order valence-electron chi connectivity index (χ1n) is 7.11. The molecule has 100 valence electrons. The van der Waals surface area contributed by atoms with Gasteiger partial charge in [0.2, 0.25) is 0 Å². The maximum Gasteiger partial charge on any atom is 0.0571 e. The zero-order chi connectivity index (χ0) is 13.0. The minimum absolute atomic E-state index is 0.117. The largest absolute Gasteiger partial charge is 0.393 e. The second kappa shape index (κ2) is 6.58. The molecule has 1 N–H and O–H groups in total. The second-order valence-corrected chi connectivity index (χ2v) is 6.06. The number of aliphatic hydroxyl groups excluding tert-OH is 1. The molecule has 3 atom stereocenters. The van der Waals surface area contributed by atoms with Crippen LogP contribution >= 0.6 is 11.6 Å². The molecule has 1 aromatic carbocycles. The van der Waals surface area contributed by atoms with Gasteiger partial charge in [-0.2, -0.15) is 0 Å². The summed E-state index contributed by atoms with van der Waals surface area (Å²) < 4.78 is 0. The molecule has 2 rings (SSSR count). The molecular weight excluding hydrogens is 244 g/mol. The van der Waals surface area contributed by atoms with Crippen molar-refractivity contribution in [3.8, 4) is 0 Å². The van der Waals surface area contributed by atoms with E-state index < -0.39 is 0 Å². The van der Waals surface area contributed by atoms with Gasteiger partial charge in [0.25, 0.3) is 0 Å². The van der Waals surface area contributed by atoms with Crippen molar-refractivity contribution >= 4 is 11.6 Å². The van der Waals surface area contributed by atoms with Gasteiger partial charge in [-0.1, -0.05) is 43.5 Å². The SMILES string of the molecule is CCCC1CCC(O)C(Cc2ccc(Cl)cc2)C1. The van der Waals surface area contributed by atoms with Gasteiger partial charge in [0.05, 0.1) is 6.10 Å². The summed E-state index contributed by atoms with van der Waals surface area (Å²) in [6.07, 6.45) is 6.79. The highest BCUT2D eigenvalue weighted by Crippen LogP contribution is 2.34. The van der Waals surface area contributed by atoms with Crippen LogP contribution in [0, 0.1) is 11.8 Å². The van der Waals surface area contributed by atoms with Gasteiger partial charge in [0, 0.05) is 5.02 Å². The third kappa shape index (κ3) is 3.73. The third-order valence-corrected chi connectivity index (χ3v) is 4.41. The molecule has 3 unspecified atom stereocenters. The average molecular weight is 267 g/mol. The Labute approximate surface area is 115 Å². The Morgan fingerprint density at radius 3 is 2.61 bits per heavy atom. The Morgan fingerprint density at radius 1 is 1.22 bits per heavy atom. The number of hydrogen-bond acceptors (Lipinski definition) is 1. The van der Waals surface area contributed by atoms with Gasteiger partial charge in [-0.3, -0.25) is 0 Å². The molecule has 0 radical (unpaired) electrons. The van der Waals surface area contributed by atoms with Gasteiger partial charge in [-0.15, -0.1) is 0 Å². The fourth-order valence-electron chi connectivity index (χ4n) is 3.16. The van der Waals surface area contributed by atoms with Crippen molar-refractivity contribution in [1.82, 2.24) is 0 Å². The highest BCUT2D eigenvalue weighted by Gasteiger charge is 2.28. The Balaban J connectivity index is 1.95. The van der Waals surface area contributed by atoms with Crippen LogP contribution in [0.1, 0.15) is 44.6 Å². The molecule has 0 saturated heterocycles. The standard InChI is InChI=1S/C16H23ClO/c1-2-3-12-6-9-16(18)14(10-12)11-13-4-7-15(17)8-5-13/h4-5,7-8,12,14,16,18H,2-3,6,9-11H2,1H3. The van der Waals surface area contributed by atoms with Gasteiger partial charge in [-0.25, -0.2) is 0 Å². The molecule has 0 aromatic heterocycles. The van der Waals surface area contributed by atoms with Crippen molar-refractivity contribution in [2.75, 3.05) is 0 Å². The predicted octanol–water partition coefficient (Wildman–Crippen LogP) is 4.46. The topological polar surface area (TPSA) is 20.2 Å². The first-order valence-corrected chi connectivity index (χ1v) is 7.49. The zero-order valence-electron chi connectivity index (χ0n) is 11.1. The van der Waals surface area contributed by atoms with Crippen molar-refractivity contribution in [2.45, 2.75) is 51.6 Å². The Bertz CT molecular complexity index is 360. The molecule has 1 saturated carbocycles. The summed E-state index contributed by atoms with van der Waals surface area (Å²) in [7, 11) is 0. The molecule has 0 amide bonds. The maximum absolute atomic E-state index is 10.1. The summed E-state index contributed by atoms with van der Waals surface area (Å²) in [5, 5.41) is 10.9. The van der Waals surface area contributed by atoms with Crippen LogP contribution in [-0.4, -0.2) is 11.2 Å². The summed E-state index contributed by atoms with van der Waals surface area (Å²) in [6.45, 7) is 2.25. The summed E-state index contributed by atoms with van der Waals surface area (Å²) >= 11 is 5.90. The van der Waals surface area contributed by atoms with Crippen molar-refractivity contribution < 1.29 is 5.11 Å². The molecule has 2 heteroatoms. The minimum atomic E-state index is -0.117. The first kappa shape index (κ1) is 13.9. The van der Waals surface area contributed by atoms with E-state index in [0.717, 1.165) is 23.8 Å². The molecule has 0 bridgehead atoms. The molecule has 1 aliphatic rings. The Morgan fingerprint density at radius 2 is 1.94 bits per heavy atom. The molecule has 1 aliphatic carbocycles. The van der Waals surface area contributed by atoms with Crippen LogP contribution < -0.4 is 0 Å². The number of benzene rings is 1. The van der Waals surface area contributed by atoms with E-state index in [9.17, 15) is 5.11 Å². The van der Waals surface area contributed by atoms with Gasteiger partial charge < -0.3 is 5.11 Å². The maximum atomic E-state index is 10.1. The average Bonchev–Trinajstić information content (AvgIpc) is 2.36. The lowest BCUT2D eigenvalue weighted by atomic mass is 9.75. The lowest BCUT2D eigenvalue weighted by Crippen LogP contribution is -2.30. The second-order valence-electron chi connectivity index (χ2n) is 5.63. The normalized spacial score (nSPS) is 28.3. The van der Waals surface area contributed by atoms with Crippen molar-refractivity contribution in [2.24, 2.45) is 11.8 Å². The number of halogens is 1. The summed E-state index contributed by atoms with van der Waals surface area (Å²) in [5.41, 5.74) is 1.29. The van der Waals surface area contributed by atoms with E-state index in [4.69, 9.17) is 11.6 Å². The predicted molar refractivity (Wildman–Crippen MR) is 76.9 cm³/mol. The van der Waals surface area contributed by atoms with Crippen LogP contribution in [0.2, 0.25) is 5.02 Å². The summed E-state index contributed by atoms with van der Waals surface area (Å²) in [5.74, 6) is 1.24. The molecule has 1 aromatic rings. The van der Waals surface area contributed by atoms with Gasteiger partial charge >= 0.3 is 0 Å². The van der Waals surface area contributed by atoms with Crippen LogP contribution in [0.15, 0.2) is 24.3 Å². The molecule has 1 fully saturated rings. The van der Waals surface area contributed by atoms with E-state index in [1.165, 1.54) is 31.2 Å². The van der Waals surface area contributed by atoms with E-state index in [2.05, 4.69) is 19.1 Å². The molecule has 0 aliphatic heterocycles. The van der Waals surface area contributed by atoms with E-state index in [-0.39, 0.29) is 6.10 Å². The molecule has 0 spiro atoms. The van der Waals surface area contributed by atoms with Gasteiger partial charge in [-0.05, 0) is 55.2 Å². The van der Waals surface area contributed by atoms with Crippen LogP contribution in [0.5, 0.6) is 0 Å². The third-order valence-electron chi connectivity index (χ3n) is 4.16. The minimum Gasteiger partial charge on any atom is -0.393 e. The summed E-state index contributed by atoms with van der Waals surface area (Å²) in [6, 6.07) is 8.04. The molecule has 18 heavy (non-hydrogen) atoms. The van der Waals surface area contributed by atoms with Crippen molar-refractivity contribution in [1.29, 1.82) is 0 Å². The quantitative estimate of drug-likeness (QED) is 0.853. The lowest BCUT2D eigenvalue weighted by molar-refractivity contribution is 0.0463. The zero-order valence-corrected chi connectivity index (χ0v) is 11.9. The fraction of sp³-hybridized carbons (Fsp3) is 0.625. The van der Waals surface area contributed by atoms with E-state index in [1.807, 2.05) is 12.1 Å². The lowest BCUT2D eigenvalue weighted by Gasteiger charge is -2.33. The number of rotatable bonds is 4. The number of aliphatic hydroxyl groups is 1. The van der Waals surface area contributed by atoms with Crippen molar-refractivity contribution in [3.05, 3.63) is 34.9 Å². The molecule has 1 nitrogen and oxygen atoms in total. The number of hydrogen-bond donors (Lipinski definition) is 1. The Hall–Kier alpha value is -0.530. The fourth-order valence-corrected chi connectivity index (χ4v) is 3.28. The van der Waals surface area contributed by atoms with Crippen LogP contribution in [-0.2, 0) is 6.42 Å². The smallest absolute Gasteiger partial charge is 0.0571 e. The van der Waals surface area contributed by atoms with Gasteiger partial charge in [0.1, 0.15) is 0 Å². The van der Waals surface area contributed by atoms with E-state index in [1.54, 1.807) is 0 Å².